The molecule has 3 rings (SSSR count). The van der Waals surface area contributed by atoms with Crippen molar-refractivity contribution in [3.8, 4) is 11.5 Å². The lowest BCUT2D eigenvalue weighted by Gasteiger charge is -1.97. The molecule has 0 atom stereocenters. The van der Waals surface area contributed by atoms with Crippen molar-refractivity contribution in [2.75, 3.05) is 5.32 Å². The Hall–Kier alpha value is -2.25. The van der Waals surface area contributed by atoms with Crippen molar-refractivity contribution in [2.45, 2.75) is 0 Å². The minimum Gasteiger partial charge on any atom is -0.403 e. The first-order valence-corrected chi connectivity index (χ1v) is 7.03. The molecular formula is C13H7ClFN3O2S. The molecule has 106 valence electrons. The number of hydrogen-bond donors (Lipinski definition) is 1. The van der Waals surface area contributed by atoms with Crippen molar-refractivity contribution >= 4 is 34.9 Å². The van der Waals surface area contributed by atoms with Crippen LogP contribution in [0.25, 0.3) is 11.5 Å². The highest BCUT2D eigenvalue weighted by Crippen LogP contribution is 2.24. The molecule has 21 heavy (non-hydrogen) atoms. The Morgan fingerprint density at radius 3 is 2.86 bits per heavy atom. The van der Waals surface area contributed by atoms with Gasteiger partial charge in [-0.05, 0) is 18.2 Å². The molecule has 0 aliphatic heterocycles. The maximum atomic E-state index is 13.6. The van der Waals surface area contributed by atoms with Gasteiger partial charge in [0.15, 0.2) is 0 Å². The molecule has 1 amide bonds. The van der Waals surface area contributed by atoms with Gasteiger partial charge in [-0.3, -0.25) is 10.1 Å². The molecule has 0 aliphatic rings. The number of aromatic nitrogens is 2. The van der Waals surface area contributed by atoms with Gasteiger partial charge < -0.3 is 4.42 Å². The van der Waals surface area contributed by atoms with Crippen LogP contribution in [0.3, 0.4) is 0 Å². The van der Waals surface area contributed by atoms with E-state index in [-0.39, 0.29) is 17.5 Å². The summed E-state index contributed by atoms with van der Waals surface area (Å²) in [5.41, 5.74) is 0.555. The highest BCUT2D eigenvalue weighted by molar-refractivity contribution is 7.14. The number of carbonyl (C=O) groups excluding carboxylic acids is 1. The van der Waals surface area contributed by atoms with E-state index in [1.54, 1.807) is 17.5 Å². The molecule has 0 bridgehead atoms. The molecule has 0 unspecified atom stereocenters. The van der Waals surface area contributed by atoms with Crippen molar-refractivity contribution in [1.29, 1.82) is 0 Å². The predicted octanol–water partition coefficient (Wildman–Crippen LogP) is 3.84. The summed E-state index contributed by atoms with van der Waals surface area (Å²) in [6.07, 6.45) is 0. The van der Waals surface area contributed by atoms with Gasteiger partial charge in [0, 0.05) is 5.38 Å². The number of rotatable bonds is 3. The fourth-order valence-electron chi connectivity index (χ4n) is 1.62. The summed E-state index contributed by atoms with van der Waals surface area (Å²) in [6.45, 7) is 0. The van der Waals surface area contributed by atoms with Crippen molar-refractivity contribution in [3.05, 3.63) is 51.4 Å². The van der Waals surface area contributed by atoms with Crippen molar-refractivity contribution < 1.29 is 13.6 Å². The van der Waals surface area contributed by atoms with Crippen LogP contribution < -0.4 is 5.32 Å². The lowest BCUT2D eigenvalue weighted by molar-refractivity contribution is 0.102. The highest BCUT2D eigenvalue weighted by atomic mass is 35.5. The molecule has 5 nitrogen and oxygen atoms in total. The van der Waals surface area contributed by atoms with Gasteiger partial charge in [0.05, 0.1) is 15.5 Å². The Kier molecular flexibility index (Phi) is 3.68. The Labute approximate surface area is 127 Å². The van der Waals surface area contributed by atoms with E-state index in [1.165, 1.54) is 29.5 Å². The number of anilines is 1. The summed E-state index contributed by atoms with van der Waals surface area (Å²) in [6, 6.07) is 7.40. The summed E-state index contributed by atoms with van der Waals surface area (Å²) in [7, 11) is 0. The maximum absolute atomic E-state index is 13.6. The summed E-state index contributed by atoms with van der Waals surface area (Å²) in [5, 5.41) is 11.4. The number of amides is 1. The third-order valence-electron chi connectivity index (χ3n) is 2.58. The van der Waals surface area contributed by atoms with Gasteiger partial charge in [-0.2, -0.15) is 0 Å². The van der Waals surface area contributed by atoms with Gasteiger partial charge in [-0.25, -0.2) is 4.39 Å². The molecular weight excluding hydrogens is 317 g/mol. The molecule has 8 heteroatoms. The fraction of sp³-hybridized carbons (Fsp3) is 0. The standard InChI is InChI=1S/C13H7ClFN3O2S/c14-10-5-7(6-21-10)11(19)16-13-18-17-12(20-13)8-3-1-2-4-9(8)15/h1-6H,(H,16,18,19). The van der Waals surface area contributed by atoms with E-state index in [0.717, 1.165) is 0 Å². The number of nitrogens with zero attached hydrogens (tertiary/aromatic N) is 2. The van der Waals surface area contributed by atoms with Gasteiger partial charge in [-0.1, -0.05) is 28.8 Å². The molecule has 1 aromatic carbocycles. The average molecular weight is 324 g/mol. The number of nitrogens with one attached hydrogen (secondary N) is 1. The number of carbonyl (C=O) groups is 1. The van der Waals surface area contributed by atoms with E-state index in [4.69, 9.17) is 16.0 Å². The zero-order chi connectivity index (χ0) is 14.8. The second kappa shape index (κ2) is 5.63. The molecule has 0 aliphatic carbocycles. The van der Waals surface area contributed by atoms with Crippen LogP contribution in [-0.2, 0) is 0 Å². The molecule has 0 radical (unpaired) electrons. The highest BCUT2D eigenvalue weighted by Gasteiger charge is 2.15. The summed E-state index contributed by atoms with van der Waals surface area (Å²) in [5.74, 6) is -0.919. The average Bonchev–Trinajstić information content (AvgIpc) is 3.08. The molecule has 3 aromatic rings. The second-order valence-corrected chi connectivity index (χ2v) is 5.53. The van der Waals surface area contributed by atoms with Gasteiger partial charge >= 0.3 is 6.01 Å². The molecule has 2 aromatic heterocycles. The molecule has 0 saturated carbocycles. The number of hydrogen-bond acceptors (Lipinski definition) is 5. The van der Waals surface area contributed by atoms with E-state index < -0.39 is 11.7 Å². The van der Waals surface area contributed by atoms with Crippen LogP contribution in [0.1, 0.15) is 10.4 Å². The predicted molar refractivity (Wildman–Crippen MR) is 77.0 cm³/mol. The quantitative estimate of drug-likeness (QED) is 0.795. The topological polar surface area (TPSA) is 68.0 Å². The third kappa shape index (κ3) is 2.93. The van der Waals surface area contributed by atoms with E-state index in [0.29, 0.717) is 9.90 Å². The van der Waals surface area contributed by atoms with Crippen LogP contribution in [0.5, 0.6) is 0 Å². The van der Waals surface area contributed by atoms with Crippen molar-refractivity contribution in [3.63, 3.8) is 0 Å². The normalized spacial score (nSPS) is 10.6. The van der Waals surface area contributed by atoms with E-state index in [9.17, 15) is 9.18 Å². The first kappa shape index (κ1) is 13.7. The Morgan fingerprint density at radius 1 is 1.33 bits per heavy atom. The number of benzene rings is 1. The monoisotopic (exact) mass is 323 g/mol. The maximum Gasteiger partial charge on any atom is 0.322 e. The second-order valence-electron chi connectivity index (χ2n) is 3.99. The largest absolute Gasteiger partial charge is 0.403 e. The van der Waals surface area contributed by atoms with Crippen LogP contribution >= 0.6 is 22.9 Å². The zero-order valence-corrected chi connectivity index (χ0v) is 11.9. The van der Waals surface area contributed by atoms with Crippen LogP contribution in [0, 0.1) is 5.82 Å². The molecule has 0 spiro atoms. The number of halogens is 2. The van der Waals surface area contributed by atoms with Gasteiger partial charge in [0.1, 0.15) is 5.82 Å². The molecule has 1 N–H and O–H groups in total. The van der Waals surface area contributed by atoms with E-state index in [1.807, 2.05) is 0 Å². The number of thiophene rings is 1. The van der Waals surface area contributed by atoms with Crippen molar-refractivity contribution in [1.82, 2.24) is 10.2 Å². The van der Waals surface area contributed by atoms with Gasteiger partial charge in [-0.15, -0.1) is 16.4 Å². The lowest BCUT2D eigenvalue weighted by atomic mass is 10.2. The molecule has 0 fully saturated rings. The first-order valence-electron chi connectivity index (χ1n) is 5.77. The van der Waals surface area contributed by atoms with Crippen LogP contribution in [0.2, 0.25) is 4.34 Å². The Morgan fingerprint density at radius 2 is 2.14 bits per heavy atom. The summed E-state index contributed by atoms with van der Waals surface area (Å²) in [4.78, 5) is 11.9. The SMILES string of the molecule is O=C(Nc1nnc(-c2ccccc2F)o1)c1csc(Cl)c1. The lowest BCUT2D eigenvalue weighted by Crippen LogP contribution is -2.10. The van der Waals surface area contributed by atoms with Crippen LogP contribution in [-0.4, -0.2) is 16.1 Å². The third-order valence-corrected chi connectivity index (χ3v) is 3.67. The van der Waals surface area contributed by atoms with Gasteiger partial charge in [0.2, 0.25) is 0 Å². The summed E-state index contributed by atoms with van der Waals surface area (Å²) < 4.78 is 19.3. The molecule has 0 saturated heterocycles. The van der Waals surface area contributed by atoms with Crippen LogP contribution in [0.4, 0.5) is 10.4 Å². The Bertz CT molecular complexity index is 802. The zero-order valence-electron chi connectivity index (χ0n) is 10.3. The fourth-order valence-corrected chi connectivity index (χ4v) is 2.48. The smallest absolute Gasteiger partial charge is 0.322 e. The summed E-state index contributed by atoms with van der Waals surface area (Å²) >= 11 is 6.99. The molecule has 2 heterocycles. The minimum absolute atomic E-state index is 0.00764. The van der Waals surface area contributed by atoms with Crippen molar-refractivity contribution in [2.24, 2.45) is 0 Å². The van der Waals surface area contributed by atoms with Gasteiger partial charge in [0.25, 0.3) is 11.8 Å². The van der Waals surface area contributed by atoms with E-state index in [2.05, 4.69) is 15.5 Å². The van der Waals surface area contributed by atoms with E-state index >= 15 is 0 Å². The minimum atomic E-state index is -0.483. The first-order chi connectivity index (χ1) is 10.1. The Balaban J connectivity index is 1.80. The van der Waals surface area contributed by atoms with Crippen LogP contribution in [0.15, 0.2) is 40.1 Å².